The summed E-state index contributed by atoms with van der Waals surface area (Å²) in [6.45, 7) is 3.74. The van der Waals surface area contributed by atoms with E-state index < -0.39 is 0 Å². The molecule has 0 spiro atoms. The summed E-state index contributed by atoms with van der Waals surface area (Å²) in [5, 5.41) is 0.641. The summed E-state index contributed by atoms with van der Waals surface area (Å²) in [7, 11) is 0. The summed E-state index contributed by atoms with van der Waals surface area (Å²) in [5.74, 6) is 0. The van der Waals surface area contributed by atoms with Gasteiger partial charge in [-0.25, -0.2) is 4.98 Å². The van der Waals surface area contributed by atoms with Crippen LogP contribution >= 0.6 is 11.3 Å². The highest BCUT2D eigenvalue weighted by molar-refractivity contribution is 7.15. The van der Waals surface area contributed by atoms with Gasteiger partial charge >= 0.3 is 0 Å². The van der Waals surface area contributed by atoms with Crippen LogP contribution in [-0.4, -0.2) is 4.98 Å². The quantitative estimate of drug-likeness (QED) is 0.820. The number of nitrogen functional groups attached to an aromatic ring is 1. The molecule has 0 aliphatic carbocycles. The van der Waals surface area contributed by atoms with Crippen LogP contribution in [0.25, 0.3) is 0 Å². The van der Waals surface area contributed by atoms with Crippen molar-refractivity contribution in [2.24, 2.45) is 0 Å². The van der Waals surface area contributed by atoms with Gasteiger partial charge < -0.3 is 5.73 Å². The molecule has 1 aromatic carbocycles. The second kappa shape index (κ2) is 4.94. The van der Waals surface area contributed by atoms with Gasteiger partial charge in [-0.2, -0.15) is 0 Å². The van der Waals surface area contributed by atoms with Crippen molar-refractivity contribution in [2.45, 2.75) is 12.8 Å². The maximum Gasteiger partial charge on any atom is 0.180 e. The molecule has 1 aromatic heterocycles. The number of aromatic nitrogens is 1. The Hall–Kier alpha value is -1.61. The molecule has 0 fully saturated rings. The number of allylic oxidation sites excluding steroid dienone is 1. The highest BCUT2D eigenvalue weighted by atomic mass is 32.1. The van der Waals surface area contributed by atoms with E-state index in [1.807, 2.05) is 24.3 Å². The fraction of sp³-hybridized carbons (Fsp3) is 0.154. The molecule has 3 heteroatoms. The maximum absolute atomic E-state index is 5.74. The predicted molar refractivity (Wildman–Crippen MR) is 69.7 cm³/mol. The van der Waals surface area contributed by atoms with Crippen LogP contribution in [0.1, 0.15) is 16.1 Å². The lowest BCUT2D eigenvalue weighted by Gasteiger charge is -2.00. The molecule has 1 heterocycles. The molecule has 2 aromatic rings. The van der Waals surface area contributed by atoms with E-state index >= 15 is 0 Å². The average molecular weight is 230 g/mol. The second-order valence-electron chi connectivity index (χ2n) is 3.58. The molecule has 0 radical (unpaired) electrons. The van der Waals surface area contributed by atoms with Crippen LogP contribution < -0.4 is 5.73 Å². The molecular formula is C13H14N2S. The Kier molecular flexibility index (Phi) is 3.37. The highest BCUT2D eigenvalue weighted by Gasteiger charge is 2.08. The van der Waals surface area contributed by atoms with Gasteiger partial charge in [0.1, 0.15) is 0 Å². The fourth-order valence-electron chi connectivity index (χ4n) is 1.62. The minimum atomic E-state index is 0.641. The zero-order valence-electron chi connectivity index (χ0n) is 9.02. The van der Waals surface area contributed by atoms with Crippen LogP contribution in [0.5, 0.6) is 0 Å². The number of hydrogen-bond acceptors (Lipinski definition) is 3. The van der Waals surface area contributed by atoms with Crippen LogP contribution in [0.15, 0.2) is 43.0 Å². The first kappa shape index (κ1) is 10.9. The molecule has 2 nitrogen and oxygen atoms in total. The Bertz CT molecular complexity index is 474. The minimum Gasteiger partial charge on any atom is -0.375 e. The van der Waals surface area contributed by atoms with E-state index in [4.69, 9.17) is 5.73 Å². The summed E-state index contributed by atoms with van der Waals surface area (Å²) in [6.07, 6.45) is 3.55. The summed E-state index contributed by atoms with van der Waals surface area (Å²) >= 11 is 1.57. The molecule has 0 bridgehead atoms. The zero-order valence-corrected chi connectivity index (χ0v) is 9.83. The Balaban J connectivity index is 2.23. The van der Waals surface area contributed by atoms with Gasteiger partial charge in [-0.15, -0.1) is 17.9 Å². The average Bonchev–Trinajstić information content (AvgIpc) is 2.61. The zero-order chi connectivity index (χ0) is 11.4. The van der Waals surface area contributed by atoms with Gasteiger partial charge in [0.15, 0.2) is 5.13 Å². The molecule has 0 unspecified atom stereocenters. The smallest absolute Gasteiger partial charge is 0.180 e. The van der Waals surface area contributed by atoms with E-state index in [0.717, 1.165) is 18.5 Å². The second-order valence-corrected chi connectivity index (χ2v) is 4.69. The molecule has 0 saturated carbocycles. The molecule has 0 saturated heterocycles. The molecular weight excluding hydrogens is 216 g/mol. The summed E-state index contributed by atoms with van der Waals surface area (Å²) < 4.78 is 0. The molecule has 0 aliphatic rings. The largest absolute Gasteiger partial charge is 0.375 e. The summed E-state index contributed by atoms with van der Waals surface area (Å²) in [5.41, 5.74) is 8.08. The Labute approximate surface area is 99.5 Å². The third-order valence-electron chi connectivity index (χ3n) is 2.34. The van der Waals surface area contributed by atoms with Gasteiger partial charge in [0.05, 0.1) is 5.69 Å². The normalized spacial score (nSPS) is 10.2. The molecule has 2 N–H and O–H groups in total. The van der Waals surface area contributed by atoms with E-state index in [1.165, 1.54) is 10.4 Å². The number of rotatable bonds is 4. The number of nitrogens with zero attached hydrogens (tertiary/aromatic N) is 1. The van der Waals surface area contributed by atoms with Crippen LogP contribution in [0, 0.1) is 0 Å². The lowest BCUT2D eigenvalue weighted by molar-refractivity contribution is 1.09. The van der Waals surface area contributed by atoms with Crippen LogP contribution in [0.2, 0.25) is 0 Å². The first-order valence-electron chi connectivity index (χ1n) is 5.18. The SMILES string of the molecule is C=CCc1nc(N)sc1Cc1ccccc1. The highest BCUT2D eigenvalue weighted by Crippen LogP contribution is 2.24. The molecule has 0 amide bonds. The van der Waals surface area contributed by atoms with Gasteiger partial charge in [-0.05, 0) is 5.56 Å². The molecule has 2 rings (SSSR count). The first-order chi connectivity index (χ1) is 7.79. The van der Waals surface area contributed by atoms with E-state index in [1.54, 1.807) is 11.3 Å². The van der Waals surface area contributed by atoms with E-state index in [2.05, 4.69) is 23.7 Å². The van der Waals surface area contributed by atoms with Gasteiger partial charge in [-0.1, -0.05) is 36.4 Å². The Morgan fingerprint density at radius 3 is 2.75 bits per heavy atom. The Morgan fingerprint density at radius 2 is 2.06 bits per heavy atom. The van der Waals surface area contributed by atoms with E-state index in [9.17, 15) is 0 Å². The predicted octanol–water partition coefficient (Wildman–Crippen LogP) is 3.04. The van der Waals surface area contributed by atoms with E-state index in [0.29, 0.717) is 5.13 Å². The lowest BCUT2D eigenvalue weighted by Crippen LogP contribution is -1.91. The van der Waals surface area contributed by atoms with Crippen LogP contribution in [-0.2, 0) is 12.8 Å². The van der Waals surface area contributed by atoms with Gasteiger partial charge in [-0.3, -0.25) is 0 Å². The lowest BCUT2D eigenvalue weighted by atomic mass is 10.1. The number of hydrogen-bond donors (Lipinski definition) is 1. The number of benzene rings is 1. The number of thiazole rings is 1. The number of nitrogens with two attached hydrogens (primary N) is 1. The first-order valence-corrected chi connectivity index (χ1v) is 6.00. The summed E-state index contributed by atoms with van der Waals surface area (Å²) in [6, 6.07) is 10.4. The van der Waals surface area contributed by atoms with Gasteiger partial charge in [0, 0.05) is 17.7 Å². The third-order valence-corrected chi connectivity index (χ3v) is 3.27. The van der Waals surface area contributed by atoms with Crippen molar-refractivity contribution in [3.63, 3.8) is 0 Å². The van der Waals surface area contributed by atoms with Crippen molar-refractivity contribution < 1.29 is 0 Å². The van der Waals surface area contributed by atoms with Crippen molar-refractivity contribution in [1.82, 2.24) is 4.98 Å². The fourth-order valence-corrected chi connectivity index (χ4v) is 2.51. The third kappa shape index (κ3) is 2.49. The topological polar surface area (TPSA) is 38.9 Å². The summed E-state index contributed by atoms with van der Waals surface area (Å²) in [4.78, 5) is 5.56. The monoisotopic (exact) mass is 230 g/mol. The Morgan fingerprint density at radius 1 is 1.31 bits per heavy atom. The van der Waals surface area contributed by atoms with Gasteiger partial charge in [0.25, 0.3) is 0 Å². The van der Waals surface area contributed by atoms with Crippen LogP contribution in [0.3, 0.4) is 0 Å². The molecule has 0 atom stereocenters. The molecule has 16 heavy (non-hydrogen) atoms. The molecule has 0 aliphatic heterocycles. The van der Waals surface area contributed by atoms with Crippen molar-refractivity contribution >= 4 is 16.5 Å². The maximum atomic E-state index is 5.74. The van der Waals surface area contributed by atoms with Gasteiger partial charge in [0.2, 0.25) is 0 Å². The minimum absolute atomic E-state index is 0.641. The van der Waals surface area contributed by atoms with Crippen molar-refractivity contribution in [2.75, 3.05) is 5.73 Å². The standard InChI is InChI=1S/C13H14N2S/c1-2-6-11-12(16-13(14)15-11)9-10-7-4-3-5-8-10/h2-5,7-8H,1,6,9H2,(H2,14,15). The van der Waals surface area contributed by atoms with Crippen LogP contribution in [0.4, 0.5) is 5.13 Å². The van der Waals surface area contributed by atoms with Crippen molar-refractivity contribution in [3.8, 4) is 0 Å². The van der Waals surface area contributed by atoms with Crippen molar-refractivity contribution in [1.29, 1.82) is 0 Å². The number of anilines is 1. The molecule has 82 valence electrons. The van der Waals surface area contributed by atoms with Crippen molar-refractivity contribution in [3.05, 3.63) is 59.1 Å². The van der Waals surface area contributed by atoms with E-state index in [-0.39, 0.29) is 0 Å².